The molecule has 0 aliphatic carbocycles. The lowest BCUT2D eigenvalue weighted by Gasteiger charge is -2.30. The van der Waals surface area contributed by atoms with Crippen molar-refractivity contribution in [1.29, 1.82) is 0 Å². The summed E-state index contributed by atoms with van der Waals surface area (Å²) >= 11 is 0. The molecule has 2 aliphatic heterocycles. The molecule has 0 radical (unpaired) electrons. The van der Waals surface area contributed by atoms with E-state index in [9.17, 15) is 14.4 Å². The number of nitrogens with one attached hydrogen (secondary N) is 3. The van der Waals surface area contributed by atoms with Crippen LogP contribution in [-0.4, -0.2) is 36.3 Å². The molecule has 6 heteroatoms. The zero-order valence-electron chi connectivity index (χ0n) is 11.2. The molecular formula is C13H21N3O3. The van der Waals surface area contributed by atoms with E-state index in [2.05, 4.69) is 22.9 Å². The van der Waals surface area contributed by atoms with Crippen molar-refractivity contribution < 1.29 is 14.4 Å². The van der Waals surface area contributed by atoms with Crippen LogP contribution in [-0.2, 0) is 14.4 Å². The molecule has 0 aromatic carbocycles. The summed E-state index contributed by atoms with van der Waals surface area (Å²) in [6, 6.07) is -0.383. The molecule has 0 aromatic heterocycles. The van der Waals surface area contributed by atoms with Crippen LogP contribution in [0.3, 0.4) is 0 Å². The second kappa shape index (κ2) is 6.14. The predicted molar refractivity (Wildman–Crippen MR) is 69.1 cm³/mol. The predicted octanol–water partition coefficient (Wildman–Crippen LogP) is -0.314. The fourth-order valence-corrected chi connectivity index (χ4v) is 2.67. The second-order valence-electron chi connectivity index (χ2n) is 5.46. The first-order valence-corrected chi connectivity index (χ1v) is 6.92. The molecule has 0 spiro atoms. The van der Waals surface area contributed by atoms with Crippen LogP contribution in [0.2, 0.25) is 0 Å². The van der Waals surface area contributed by atoms with Crippen molar-refractivity contribution in [3.8, 4) is 0 Å². The zero-order valence-corrected chi connectivity index (χ0v) is 11.2. The summed E-state index contributed by atoms with van der Waals surface area (Å²) in [6.07, 6.45) is 3.34. The van der Waals surface area contributed by atoms with Crippen molar-refractivity contribution in [3.05, 3.63) is 0 Å². The smallest absolute Gasteiger partial charge is 0.249 e. The van der Waals surface area contributed by atoms with Crippen molar-refractivity contribution in [2.75, 3.05) is 6.54 Å². The van der Waals surface area contributed by atoms with E-state index in [1.54, 1.807) is 0 Å². The fraction of sp³-hybridized carbons (Fsp3) is 0.769. The van der Waals surface area contributed by atoms with Crippen LogP contribution in [0.4, 0.5) is 0 Å². The average molecular weight is 267 g/mol. The molecule has 3 N–H and O–H groups in total. The first-order valence-electron chi connectivity index (χ1n) is 6.92. The molecular weight excluding hydrogens is 246 g/mol. The molecule has 2 fully saturated rings. The van der Waals surface area contributed by atoms with Crippen molar-refractivity contribution in [2.45, 2.75) is 51.1 Å². The van der Waals surface area contributed by atoms with E-state index in [1.165, 1.54) is 0 Å². The molecule has 3 atom stereocenters. The third-order valence-corrected chi connectivity index (χ3v) is 3.91. The molecule has 2 aliphatic rings. The lowest BCUT2D eigenvalue weighted by atomic mass is 9.90. The summed E-state index contributed by atoms with van der Waals surface area (Å²) in [6.45, 7) is 3.08. The standard InChI is InChI=1S/C13H21N3O3/c1-8-3-2-6-14-10(8)7-12(18)15-9-4-5-11(17)16-13(9)19/h8-10,14H,2-7H2,1H3,(H,15,18)(H,16,17,19). The van der Waals surface area contributed by atoms with Gasteiger partial charge in [-0.25, -0.2) is 0 Å². The molecule has 19 heavy (non-hydrogen) atoms. The Bertz CT molecular complexity index is 383. The van der Waals surface area contributed by atoms with Gasteiger partial charge in [-0.05, 0) is 31.7 Å². The number of amides is 3. The SMILES string of the molecule is CC1CCCNC1CC(=O)NC1CCC(=O)NC1=O. The maximum Gasteiger partial charge on any atom is 0.249 e. The lowest BCUT2D eigenvalue weighted by molar-refractivity contribution is -0.137. The van der Waals surface area contributed by atoms with Crippen molar-refractivity contribution in [2.24, 2.45) is 5.92 Å². The minimum absolute atomic E-state index is 0.124. The van der Waals surface area contributed by atoms with E-state index in [0.717, 1.165) is 19.4 Å². The van der Waals surface area contributed by atoms with Gasteiger partial charge < -0.3 is 10.6 Å². The Labute approximate surface area is 112 Å². The number of carbonyl (C=O) groups is 3. The van der Waals surface area contributed by atoms with Crippen LogP contribution in [0.5, 0.6) is 0 Å². The summed E-state index contributed by atoms with van der Waals surface area (Å²) in [5.74, 6) is -0.311. The third-order valence-electron chi connectivity index (χ3n) is 3.91. The highest BCUT2D eigenvalue weighted by Crippen LogP contribution is 2.18. The summed E-state index contributed by atoms with van der Waals surface area (Å²) < 4.78 is 0. The number of rotatable bonds is 3. The maximum atomic E-state index is 11.9. The fourth-order valence-electron chi connectivity index (χ4n) is 2.67. The first-order chi connectivity index (χ1) is 9.06. The van der Waals surface area contributed by atoms with Crippen LogP contribution >= 0.6 is 0 Å². The average Bonchev–Trinajstić information content (AvgIpc) is 2.36. The monoisotopic (exact) mass is 267 g/mol. The Balaban J connectivity index is 1.80. The van der Waals surface area contributed by atoms with Gasteiger partial charge in [-0.15, -0.1) is 0 Å². The number of piperidine rings is 2. The van der Waals surface area contributed by atoms with E-state index in [1.807, 2.05) is 0 Å². The largest absolute Gasteiger partial charge is 0.344 e. The molecule has 2 heterocycles. The van der Waals surface area contributed by atoms with Crippen LogP contribution in [0.15, 0.2) is 0 Å². The van der Waals surface area contributed by atoms with Gasteiger partial charge in [0.25, 0.3) is 0 Å². The third kappa shape index (κ3) is 3.76. The molecule has 2 rings (SSSR count). The molecule has 6 nitrogen and oxygen atoms in total. The molecule has 106 valence electrons. The first kappa shape index (κ1) is 14.0. The van der Waals surface area contributed by atoms with Gasteiger partial charge in [0, 0.05) is 18.9 Å². The highest BCUT2D eigenvalue weighted by molar-refractivity contribution is 6.01. The van der Waals surface area contributed by atoms with Gasteiger partial charge in [0.05, 0.1) is 0 Å². The minimum atomic E-state index is -0.566. The van der Waals surface area contributed by atoms with Gasteiger partial charge in [0.2, 0.25) is 17.7 Å². The minimum Gasteiger partial charge on any atom is -0.344 e. The number of hydrogen-bond acceptors (Lipinski definition) is 4. The van der Waals surface area contributed by atoms with Crippen molar-refractivity contribution in [1.82, 2.24) is 16.0 Å². The second-order valence-corrected chi connectivity index (χ2v) is 5.46. The molecule has 0 bridgehead atoms. The highest BCUT2D eigenvalue weighted by Gasteiger charge is 2.29. The summed E-state index contributed by atoms with van der Waals surface area (Å²) in [5, 5.41) is 8.29. The van der Waals surface area contributed by atoms with Gasteiger partial charge in [0.15, 0.2) is 0 Å². The summed E-state index contributed by atoms with van der Waals surface area (Å²) in [4.78, 5) is 34.5. The summed E-state index contributed by atoms with van der Waals surface area (Å²) in [5.41, 5.74) is 0. The van der Waals surface area contributed by atoms with Gasteiger partial charge >= 0.3 is 0 Å². The van der Waals surface area contributed by atoms with Crippen LogP contribution in [0.25, 0.3) is 0 Å². The van der Waals surface area contributed by atoms with E-state index in [4.69, 9.17) is 0 Å². The van der Waals surface area contributed by atoms with Gasteiger partial charge in [-0.1, -0.05) is 6.92 Å². The van der Waals surface area contributed by atoms with Crippen molar-refractivity contribution >= 4 is 17.7 Å². The number of hydrogen-bond donors (Lipinski definition) is 3. The molecule has 2 saturated heterocycles. The molecule has 3 unspecified atom stereocenters. The lowest BCUT2D eigenvalue weighted by Crippen LogP contribution is -2.53. The topological polar surface area (TPSA) is 87.3 Å². The maximum absolute atomic E-state index is 11.9. The number of carbonyl (C=O) groups excluding carboxylic acids is 3. The Kier molecular flexibility index (Phi) is 4.52. The highest BCUT2D eigenvalue weighted by atomic mass is 16.2. The molecule has 3 amide bonds. The molecule has 0 saturated carbocycles. The Morgan fingerprint density at radius 3 is 2.84 bits per heavy atom. The normalized spacial score (nSPS) is 31.7. The zero-order chi connectivity index (χ0) is 13.8. The Morgan fingerprint density at radius 2 is 2.16 bits per heavy atom. The number of imide groups is 1. The molecule has 0 aromatic rings. The van der Waals surface area contributed by atoms with E-state index < -0.39 is 11.9 Å². The van der Waals surface area contributed by atoms with Crippen LogP contribution in [0.1, 0.15) is 39.0 Å². The van der Waals surface area contributed by atoms with E-state index in [0.29, 0.717) is 18.8 Å². The van der Waals surface area contributed by atoms with E-state index in [-0.39, 0.29) is 24.3 Å². The Hall–Kier alpha value is -1.43. The quantitative estimate of drug-likeness (QED) is 0.612. The van der Waals surface area contributed by atoms with Gasteiger partial charge in [-0.3, -0.25) is 19.7 Å². The van der Waals surface area contributed by atoms with Crippen LogP contribution < -0.4 is 16.0 Å². The summed E-state index contributed by atoms with van der Waals surface area (Å²) in [7, 11) is 0. The Morgan fingerprint density at radius 1 is 1.37 bits per heavy atom. The van der Waals surface area contributed by atoms with E-state index >= 15 is 0 Å². The van der Waals surface area contributed by atoms with Gasteiger partial charge in [-0.2, -0.15) is 0 Å². The van der Waals surface area contributed by atoms with Crippen LogP contribution in [0, 0.1) is 5.92 Å². The van der Waals surface area contributed by atoms with Crippen molar-refractivity contribution in [3.63, 3.8) is 0 Å². The van der Waals surface area contributed by atoms with Gasteiger partial charge in [0.1, 0.15) is 6.04 Å².